The zero-order valence-electron chi connectivity index (χ0n) is 13.0. The van der Waals surface area contributed by atoms with Crippen molar-refractivity contribution in [3.8, 4) is 5.75 Å². The Morgan fingerprint density at radius 1 is 1.08 bits per heavy atom. The van der Waals surface area contributed by atoms with Gasteiger partial charge in [0, 0.05) is 12.6 Å². The Kier molecular flexibility index (Phi) is 4.47. The summed E-state index contributed by atoms with van der Waals surface area (Å²) in [6.45, 7) is 0.669. The number of benzene rings is 2. The normalized spacial score (nSPS) is 11.8. The van der Waals surface area contributed by atoms with Gasteiger partial charge in [-0.1, -0.05) is 24.3 Å². The van der Waals surface area contributed by atoms with Crippen LogP contribution >= 0.6 is 0 Å². The van der Waals surface area contributed by atoms with Crippen LogP contribution < -0.4 is 14.6 Å². The molecule has 0 spiro atoms. The monoisotopic (exact) mass is 347 g/mol. The van der Waals surface area contributed by atoms with E-state index in [-0.39, 0.29) is 6.54 Å². The van der Waals surface area contributed by atoms with E-state index in [0.29, 0.717) is 6.54 Å². The van der Waals surface area contributed by atoms with Crippen molar-refractivity contribution >= 4 is 21.2 Å². The van der Waals surface area contributed by atoms with Crippen molar-refractivity contribution in [2.75, 3.05) is 7.11 Å². The molecule has 126 valence electrons. The third-order valence-corrected chi connectivity index (χ3v) is 4.00. The maximum atomic E-state index is 10.9. The Morgan fingerprint density at radius 2 is 1.75 bits per heavy atom. The molecule has 1 aromatic heterocycles. The first-order chi connectivity index (χ1) is 11.4. The van der Waals surface area contributed by atoms with Crippen molar-refractivity contribution in [3.63, 3.8) is 0 Å². The van der Waals surface area contributed by atoms with Gasteiger partial charge in [-0.15, -0.1) is 0 Å². The van der Waals surface area contributed by atoms with E-state index in [4.69, 9.17) is 9.88 Å². The number of nitrogens with one attached hydrogen (secondary N) is 1. The minimum atomic E-state index is -3.69. The molecule has 0 fully saturated rings. The standard InChI is InChI=1S/C15H17N5O3S/c1-23-13-6-7-14-15(8-13)19-20(18-14)10-12-4-2-11(3-5-12)9-17-24(16,21)22/h2-8,17H,9-10H2,1H3,(H2,16,21,22). The number of aromatic nitrogens is 3. The molecule has 0 aliphatic carbocycles. The molecule has 0 aliphatic heterocycles. The van der Waals surface area contributed by atoms with Gasteiger partial charge in [-0.2, -0.15) is 28.1 Å². The van der Waals surface area contributed by atoms with Gasteiger partial charge >= 0.3 is 0 Å². The highest BCUT2D eigenvalue weighted by Crippen LogP contribution is 2.17. The summed E-state index contributed by atoms with van der Waals surface area (Å²) in [6, 6.07) is 13.0. The number of ether oxygens (including phenoxy) is 1. The first kappa shape index (κ1) is 16.4. The molecule has 1 heterocycles. The molecular weight excluding hydrogens is 330 g/mol. The maximum absolute atomic E-state index is 10.9. The van der Waals surface area contributed by atoms with Gasteiger partial charge in [0.05, 0.1) is 13.7 Å². The third kappa shape index (κ3) is 4.07. The molecule has 24 heavy (non-hydrogen) atoms. The molecule has 0 atom stereocenters. The van der Waals surface area contributed by atoms with Crippen LogP contribution in [0, 0.1) is 0 Å². The first-order valence-electron chi connectivity index (χ1n) is 7.17. The molecule has 0 saturated carbocycles. The average molecular weight is 347 g/mol. The first-order valence-corrected chi connectivity index (χ1v) is 8.72. The fraction of sp³-hybridized carbons (Fsp3) is 0.200. The van der Waals surface area contributed by atoms with Crippen LogP contribution in [0.15, 0.2) is 42.5 Å². The molecule has 3 N–H and O–H groups in total. The lowest BCUT2D eigenvalue weighted by atomic mass is 10.1. The van der Waals surface area contributed by atoms with E-state index in [9.17, 15) is 8.42 Å². The number of rotatable bonds is 6. The molecule has 9 heteroatoms. The Labute approximate surface area is 139 Å². The SMILES string of the molecule is COc1ccc2nn(Cc3ccc(CNS(N)(=O)=O)cc3)nc2c1. The summed E-state index contributed by atoms with van der Waals surface area (Å²) in [6.07, 6.45) is 0. The molecule has 3 rings (SSSR count). The fourth-order valence-corrected chi connectivity index (χ4v) is 2.61. The lowest BCUT2D eigenvalue weighted by Gasteiger charge is -2.04. The van der Waals surface area contributed by atoms with E-state index in [1.165, 1.54) is 0 Å². The molecule has 0 radical (unpaired) electrons. The van der Waals surface area contributed by atoms with Crippen LogP contribution in [0.5, 0.6) is 5.75 Å². The van der Waals surface area contributed by atoms with Crippen LogP contribution in [0.2, 0.25) is 0 Å². The number of fused-ring (bicyclic) bond motifs is 1. The largest absolute Gasteiger partial charge is 0.497 e. The summed E-state index contributed by atoms with van der Waals surface area (Å²) in [4.78, 5) is 1.61. The van der Waals surface area contributed by atoms with Gasteiger partial charge in [0.1, 0.15) is 16.8 Å². The maximum Gasteiger partial charge on any atom is 0.274 e. The molecule has 2 aromatic carbocycles. The fourth-order valence-electron chi connectivity index (χ4n) is 2.25. The summed E-state index contributed by atoms with van der Waals surface area (Å²) in [5, 5.41) is 13.7. The van der Waals surface area contributed by atoms with Gasteiger partial charge in [0.15, 0.2) is 0 Å². The second kappa shape index (κ2) is 6.56. The smallest absolute Gasteiger partial charge is 0.274 e. The number of methoxy groups -OCH3 is 1. The van der Waals surface area contributed by atoms with E-state index in [1.54, 1.807) is 11.9 Å². The molecular formula is C15H17N5O3S. The number of hydrogen-bond acceptors (Lipinski definition) is 5. The van der Waals surface area contributed by atoms with Crippen molar-refractivity contribution in [1.82, 2.24) is 19.7 Å². The summed E-state index contributed by atoms with van der Waals surface area (Å²) in [5.41, 5.74) is 3.38. The topological polar surface area (TPSA) is 112 Å². The van der Waals surface area contributed by atoms with Crippen LogP contribution in [0.25, 0.3) is 11.0 Å². The molecule has 8 nitrogen and oxygen atoms in total. The molecule has 0 aliphatic rings. The van der Waals surface area contributed by atoms with Gasteiger partial charge in [-0.25, -0.2) is 5.14 Å². The lowest BCUT2D eigenvalue weighted by molar-refractivity contribution is 0.415. The van der Waals surface area contributed by atoms with Gasteiger partial charge in [0.25, 0.3) is 10.2 Å². The second-order valence-electron chi connectivity index (χ2n) is 5.27. The zero-order valence-corrected chi connectivity index (χ0v) is 13.8. The highest BCUT2D eigenvalue weighted by Gasteiger charge is 2.06. The summed E-state index contributed by atoms with van der Waals surface area (Å²) >= 11 is 0. The predicted octanol–water partition coefficient (Wildman–Crippen LogP) is 0.781. The number of hydrogen-bond donors (Lipinski definition) is 2. The molecule has 0 saturated heterocycles. The molecule has 3 aromatic rings. The van der Waals surface area contributed by atoms with Crippen molar-refractivity contribution in [2.24, 2.45) is 5.14 Å². The Balaban J connectivity index is 1.71. The molecule has 0 unspecified atom stereocenters. The van der Waals surface area contributed by atoms with Gasteiger partial charge in [0.2, 0.25) is 0 Å². The highest BCUT2D eigenvalue weighted by atomic mass is 32.2. The van der Waals surface area contributed by atoms with E-state index in [1.807, 2.05) is 42.5 Å². The van der Waals surface area contributed by atoms with Crippen molar-refractivity contribution < 1.29 is 13.2 Å². The number of nitrogens with two attached hydrogens (primary N) is 1. The molecule has 0 amide bonds. The van der Waals surface area contributed by atoms with Crippen LogP contribution in [-0.2, 0) is 23.3 Å². The second-order valence-corrected chi connectivity index (χ2v) is 6.65. The van der Waals surface area contributed by atoms with Gasteiger partial charge in [-0.05, 0) is 23.3 Å². The summed E-state index contributed by atoms with van der Waals surface area (Å²) < 4.78 is 29.2. The summed E-state index contributed by atoms with van der Waals surface area (Å²) in [7, 11) is -2.08. The quantitative estimate of drug-likeness (QED) is 0.684. The van der Waals surface area contributed by atoms with E-state index >= 15 is 0 Å². The zero-order chi connectivity index (χ0) is 17.2. The highest BCUT2D eigenvalue weighted by molar-refractivity contribution is 7.87. The minimum absolute atomic E-state index is 0.156. The Bertz CT molecular complexity index is 951. The van der Waals surface area contributed by atoms with Gasteiger partial charge in [-0.3, -0.25) is 0 Å². The van der Waals surface area contributed by atoms with Crippen LogP contribution in [0.4, 0.5) is 0 Å². The third-order valence-electron chi connectivity index (χ3n) is 3.45. The molecule has 0 bridgehead atoms. The minimum Gasteiger partial charge on any atom is -0.497 e. The summed E-state index contributed by atoms with van der Waals surface area (Å²) in [5.74, 6) is 0.737. The van der Waals surface area contributed by atoms with Crippen molar-refractivity contribution in [3.05, 3.63) is 53.6 Å². The predicted molar refractivity (Wildman–Crippen MR) is 89.6 cm³/mol. The van der Waals surface area contributed by atoms with Crippen molar-refractivity contribution in [2.45, 2.75) is 13.1 Å². The van der Waals surface area contributed by atoms with Gasteiger partial charge < -0.3 is 4.74 Å². The Hall–Kier alpha value is -2.49. The Morgan fingerprint density at radius 3 is 2.42 bits per heavy atom. The van der Waals surface area contributed by atoms with Crippen molar-refractivity contribution in [1.29, 1.82) is 0 Å². The van der Waals surface area contributed by atoms with Crippen LogP contribution in [0.3, 0.4) is 0 Å². The average Bonchev–Trinajstić information content (AvgIpc) is 2.94. The number of nitrogens with zero attached hydrogens (tertiary/aromatic N) is 3. The van der Waals surface area contributed by atoms with Crippen LogP contribution in [0.1, 0.15) is 11.1 Å². The van der Waals surface area contributed by atoms with E-state index in [0.717, 1.165) is 27.9 Å². The van der Waals surface area contributed by atoms with E-state index in [2.05, 4.69) is 14.9 Å². The van der Waals surface area contributed by atoms with E-state index < -0.39 is 10.2 Å². The van der Waals surface area contributed by atoms with Crippen LogP contribution in [-0.4, -0.2) is 30.5 Å². The lowest BCUT2D eigenvalue weighted by Crippen LogP contribution is -2.30.